The van der Waals surface area contributed by atoms with Crippen LogP contribution in [0.3, 0.4) is 0 Å². The number of ether oxygens (including phenoxy) is 1. The van der Waals surface area contributed by atoms with Crippen molar-refractivity contribution in [2.45, 2.75) is 19.6 Å². The van der Waals surface area contributed by atoms with Gasteiger partial charge in [0.25, 0.3) is 0 Å². The molecule has 14 heavy (non-hydrogen) atoms. The Kier molecular flexibility index (Phi) is 2.85. The summed E-state index contributed by atoms with van der Waals surface area (Å²) in [5.41, 5.74) is 0. The molecule has 0 aromatic heterocycles. The number of hydrogen-bond acceptors (Lipinski definition) is 2. The molecule has 4 heteroatoms. The summed E-state index contributed by atoms with van der Waals surface area (Å²) in [5, 5.41) is 10.2. The molecular weight excluding hydrogens is 199 g/mol. The maximum Gasteiger partial charge on any atom is 0.160 e. The van der Waals surface area contributed by atoms with Crippen LogP contribution in [-0.2, 0) is 0 Å². The molecule has 0 saturated heterocycles. The fourth-order valence-corrected chi connectivity index (χ4v) is 3.06. The molecule has 0 amide bonds. The van der Waals surface area contributed by atoms with E-state index in [1.807, 2.05) is 19.6 Å². The molecule has 1 N–H and O–H groups in total. The second-order valence-corrected chi connectivity index (χ2v) is 9.22. The largest absolute Gasteiger partial charge is 0.504 e. The average Bonchev–Trinajstić information content (AvgIpc) is 2.02. The molecule has 0 fully saturated rings. The quantitative estimate of drug-likeness (QED) is 0.764. The van der Waals surface area contributed by atoms with Gasteiger partial charge in [-0.05, 0) is 12.1 Å². The number of hydrogen-bond donors (Lipinski definition) is 1. The van der Waals surface area contributed by atoms with E-state index in [0.29, 0.717) is 10.9 Å². The van der Waals surface area contributed by atoms with Gasteiger partial charge in [0.15, 0.2) is 11.5 Å². The van der Waals surface area contributed by atoms with Gasteiger partial charge in [-0.25, -0.2) is 4.39 Å². The number of phenolic OH excluding ortho intramolecular Hbond substituents is 1. The molecule has 0 aliphatic rings. The highest BCUT2D eigenvalue weighted by atomic mass is 28.3. The van der Waals surface area contributed by atoms with Gasteiger partial charge in [0.05, 0.1) is 15.2 Å². The van der Waals surface area contributed by atoms with Crippen molar-refractivity contribution in [1.82, 2.24) is 0 Å². The lowest BCUT2D eigenvalue weighted by Crippen LogP contribution is -2.40. The third-order valence-corrected chi connectivity index (χ3v) is 4.04. The van der Waals surface area contributed by atoms with E-state index in [4.69, 9.17) is 4.74 Å². The zero-order valence-electron chi connectivity index (χ0n) is 8.89. The van der Waals surface area contributed by atoms with Gasteiger partial charge in [-0.15, -0.1) is 0 Å². The summed E-state index contributed by atoms with van der Waals surface area (Å²) in [5.74, 6) is -0.0574. The molecule has 0 heterocycles. The zero-order valence-corrected chi connectivity index (χ0v) is 9.89. The Labute approximate surface area is 84.3 Å². The summed E-state index contributed by atoms with van der Waals surface area (Å²) in [6.07, 6.45) is 0. The van der Waals surface area contributed by atoms with Crippen molar-refractivity contribution in [3.8, 4) is 11.5 Å². The van der Waals surface area contributed by atoms with Crippen LogP contribution >= 0.6 is 0 Å². The number of benzene rings is 1. The molecule has 0 bridgehead atoms. The predicted molar refractivity (Wildman–Crippen MR) is 57.6 cm³/mol. The first-order valence-electron chi connectivity index (χ1n) is 4.44. The van der Waals surface area contributed by atoms with Crippen molar-refractivity contribution in [2.75, 3.05) is 7.11 Å². The molecule has 1 aromatic rings. The van der Waals surface area contributed by atoms with E-state index in [0.717, 1.165) is 0 Å². The number of phenols is 1. The normalized spacial score (nSPS) is 11.5. The first-order valence-corrected chi connectivity index (χ1v) is 7.94. The van der Waals surface area contributed by atoms with Crippen LogP contribution in [0.25, 0.3) is 0 Å². The monoisotopic (exact) mass is 214 g/mol. The smallest absolute Gasteiger partial charge is 0.160 e. The molecule has 0 aliphatic heterocycles. The molecule has 0 aliphatic carbocycles. The van der Waals surface area contributed by atoms with E-state index in [1.54, 1.807) is 0 Å². The first-order chi connectivity index (χ1) is 6.38. The molecule has 1 aromatic carbocycles. The third-order valence-electron chi connectivity index (χ3n) is 2.06. The van der Waals surface area contributed by atoms with Crippen molar-refractivity contribution in [3.63, 3.8) is 0 Å². The first kappa shape index (κ1) is 11.0. The Morgan fingerprint density at radius 1 is 1.29 bits per heavy atom. The summed E-state index contributed by atoms with van der Waals surface area (Å²) in [4.78, 5) is 0. The number of rotatable bonds is 2. The van der Waals surface area contributed by atoms with Crippen molar-refractivity contribution >= 4 is 13.3 Å². The molecule has 0 unspecified atom stereocenters. The molecular formula is C10H15FO2Si. The van der Waals surface area contributed by atoms with E-state index >= 15 is 0 Å². The Bertz CT molecular complexity index is 345. The van der Waals surface area contributed by atoms with Crippen LogP contribution in [0.5, 0.6) is 11.5 Å². The van der Waals surface area contributed by atoms with E-state index in [2.05, 4.69) is 0 Å². The molecule has 0 spiro atoms. The lowest BCUT2D eigenvalue weighted by molar-refractivity contribution is 0.373. The number of halogens is 1. The maximum atomic E-state index is 13.5. The van der Waals surface area contributed by atoms with Gasteiger partial charge in [0.1, 0.15) is 5.82 Å². The molecule has 78 valence electrons. The van der Waals surface area contributed by atoms with Gasteiger partial charge < -0.3 is 9.84 Å². The Hall–Kier alpha value is -1.03. The van der Waals surface area contributed by atoms with E-state index < -0.39 is 8.07 Å². The minimum absolute atomic E-state index is 0.0494. The molecule has 0 atom stereocenters. The van der Waals surface area contributed by atoms with Gasteiger partial charge in [-0.1, -0.05) is 19.6 Å². The van der Waals surface area contributed by atoms with Crippen LogP contribution < -0.4 is 9.92 Å². The second kappa shape index (κ2) is 3.61. The SMILES string of the molecule is COc1ccc(F)c([Si](C)(C)C)c1O. The highest BCUT2D eigenvalue weighted by molar-refractivity contribution is 6.89. The van der Waals surface area contributed by atoms with Gasteiger partial charge in [0, 0.05) is 5.19 Å². The van der Waals surface area contributed by atoms with E-state index in [9.17, 15) is 9.50 Å². The summed E-state index contributed by atoms with van der Waals surface area (Å²) >= 11 is 0. The summed E-state index contributed by atoms with van der Waals surface area (Å²) in [6.45, 7) is 5.93. The van der Waals surface area contributed by atoms with E-state index in [1.165, 1.54) is 19.2 Å². The van der Waals surface area contributed by atoms with Gasteiger partial charge in [-0.3, -0.25) is 0 Å². The van der Waals surface area contributed by atoms with Crippen molar-refractivity contribution in [1.29, 1.82) is 0 Å². The van der Waals surface area contributed by atoms with Crippen LogP contribution in [0, 0.1) is 5.82 Å². The Morgan fingerprint density at radius 2 is 1.86 bits per heavy atom. The molecule has 2 nitrogen and oxygen atoms in total. The minimum atomic E-state index is -1.88. The number of aromatic hydroxyl groups is 1. The molecule has 1 rings (SSSR count). The highest BCUT2D eigenvalue weighted by Gasteiger charge is 2.26. The van der Waals surface area contributed by atoms with Crippen molar-refractivity contribution in [2.24, 2.45) is 0 Å². The van der Waals surface area contributed by atoms with Crippen LogP contribution in [0.2, 0.25) is 19.6 Å². The fraction of sp³-hybridized carbons (Fsp3) is 0.400. The zero-order chi connectivity index (χ0) is 10.9. The van der Waals surface area contributed by atoms with Gasteiger partial charge in [-0.2, -0.15) is 0 Å². The second-order valence-electron chi connectivity index (χ2n) is 4.22. The fourth-order valence-electron chi connectivity index (χ4n) is 1.43. The summed E-state index contributed by atoms with van der Waals surface area (Å²) < 4.78 is 18.4. The predicted octanol–water partition coefficient (Wildman–Crippen LogP) is 2.09. The molecule has 0 saturated carbocycles. The Morgan fingerprint density at radius 3 is 2.29 bits per heavy atom. The topological polar surface area (TPSA) is 29.5 Å². The van der Waals surface area contributed by atoms with Gasteiger partial charge >= 0.3 is 0 Å². The maximum absolute atomic E-state index is 13.5. The van der Waals surface area contributed by atoms with E-state index in [-0.39, 0.29) is 11.6 Å². The van der Waals surface area contributed by atoms with Crippen LogP contribution in [0.4, 0.5) is 4.39 Å². The lowest BCUT2D eigenvalue weighted by Gasteiger charge is -2.20. The third kappa shape index (κ3) is 1.90. The van der Waals surface area contributed by atoms with Gasteiger partial charge in [0.2, 0.25) is 0 Å². The van der Waals surface area contributed by atoms with Crippen molar-refractivity contribution < 1.29 is 14.2 Å². The summed E-state index contributed by atoms with van der Waals surface area (Å²) in [6, 6.07) is 2.78. The lowest BCUT2D eigenvalue weighted by atomic mass is 10.3. The molecule has 0 radical (unpaired) electrons. The van der Waals surface area contributed by atoms with Crippen molar-refractivity contribution in [3.05, 3.63) is 17.9 Å². The van der Waals surface area contributed by atoms with Crippen LogP contribution in [0.15, 0.2) is 12.1 Å². The standard InChI is InChI=1S/C10H15FO2Si/c1-13-8-6-5-7(11)10(9(8)12)14(2,3)4/h5-6,12H,1-4H3. The number of methoxy groups -OCH3 is 1. The highest BCUT2D eigenvalue weighted by Crippen LogP contribution is 2.26. The Balaban J connectivity index is 3.40. The minimum Gasteiger partial charge on any atom is -0.504 e. The summed E-state index contributed by atoms with van der Waals surface area (Å²) in [7, 11) is -0.416. The van der Waals surface area contributed by atoms with Crippen LogP contribution in [-0.4, -0.2) is 20.3 Å². The van der Waals surface area contributed by atoms with Crippen LogP contribution in [0.1, 0.15) is 0 Å². The average molecular weight is 214 g/mol.